The number of carbonyl (C=O) groups excluding carboxylic acids is 3. The quantitative estimate of drug-likeness (QED) is 0.796. The van der Waals surface area contributed by atoms with Crippen molar-refractivity contribution < 1.29 is 19.1 Å². The van der Waals surface area contributed by atoms with Gasteiger partial charge in [-0.3, -0.25) is 9.59 Å². The lowest BCUT2D eigenvalue weighted by Crippen LogP contribution is -2.46. The standard InChI is InChI=1S/C19H28N2O4S/c1-12-6-7-14-13(8-12)9-15(26-14)18(24)25-11-17(23)21(5)10-16(22)20-19(2,3)4/h9,12H,6-8,10-11H2,1-5H3,(H,20,22)/t12-/m1/s1. The van der Waals surface area contributed by atoms with Crippen LogP contribution in [0.3, 0.4) is 0 Å². The Hall–Kier alpha value is -1.89. The van der Waals surface area contributed by atoms with Gasteiger partial charge in [-0.05, 0) is 57.6 Å². The van der Waals surface area contributed by atoms with Crippen LogP contribution in [0, 0.1) is 5.92 Å². The summed E-state index contributed by atoms with van der Waals surface area (Å²) in [5, 5.41) is 2.79. The number of nitrogens with zero attached hydrogens (tertiary/aromatic N) is 1. The monoisotopic (exact) mass is 380 g/mol. The zero-order valence-corrected chi connectivity index (χ0v) is 17.0. The number of rotatable bonds is 5. The van der Waals surface area contributed by atoms with Gasteiger partial charge in [-0.2, -0.15) is 0 Å². The van der Waals surface area contributed by atoms with E-state index in [1.54, 1.807) is 0 Å². The van der Waals surface area contributed by atoms with Crippen LogP contribution in [0.4, 0.5) is 0 Å². The van der Waals surface area contributed by atoms with E-state index in [0.29, 0.717) is 10.8 Å². The highest BCUT2D eigenvalue weighted by Crippen LogP contribution is 2.32. The lowest BCUT2D eigenvalue weighted by atomic mass is 9.90. The van der Waals surface area contributed by atoms with E-state index in [9.17, 15) is 14.4 Å². The number of ether oxygens (including phenoxy) is 1. The fourth-order valence-electron chi connectivity index (χ4n) is 2.88. The summed E-state index contributed by atoms with van der Waals surface area (Å²) >= 11 is 1.46. The molecule has 0 unspecified atom stereocenters. The zero-order valence-electron chi connectivity index (χ0n) is 16.2. The molecule has 0 spiro atoms. The summed E-state index contributed by atoms with van der Waals surface area (Å²) in [6.45, 7) is 7.39. The fraction of sp³-hybridized carbons (Fsp3) is 0.632. The van der Waals surface area contributed by atoms with Crippen LogP contribution in [0.25, 0.3) is 0 Å². The Bertz CT molecular complexity index is 690. The van der Waals surface area contributed by atoms with Crippen LogP contribution in [-0.4, -0.2) is 48.4 Å². The number of nitrogens with one attached hydrogen (secondary N) is 1. The molecule has 2 rings (SSSR count). The van der Waals surface area contributed by atoms with E-state index < -0.39 is 11.9 Å². The zero-order chi connectivity index (χ0) is 19.5. The van der Waals surface area contributed by atoms with Gasteiger partial charge in [0.05, 0.1) is 6.54 Å². The molecule has 0 saturated carbocycles. The first-order valence-electron chi connectivity index (χ1n) is 8.89. The van der Waals surface area contributed by atoms with Crippen LogP contribution in [0.1, 0.15) is 54.2 Å². The minimum atomic E-state index is -0.474. The van der Waals surface area contributed by atoms with Crippen molar-refractivity contribution in [2.45, 2.75) is 52.5 Å². The van der Waals surface area contributed by atoms with Crippen molar-refractivity contribution in [1.82, 2.24) is 10.2 Å². The van der Waals surface area contributed by atoms with E-state index in [4.69, 9.17) is 4.74 Å². The van der Waals surface area contributed by atoms with Crippen molar-refractivity contribution in [1.29, 1.82) is 0 Å². The van der Waals surface area contributed by atoms with Crippen molar-refractivity contribution in [2.75, 3.05) is 20.2 Å². The molecule has 0 saturated heterocycles. The molecule has 26 heavy (non-hydrogen) atoms. The predicted molar refractivity (Wildman–Crippen MR) is 101 cm³/mol. The van der Waals surface area contributed by atoms with E-state index in [0.717, 1.165) is 19.3 Å². The first kappa shape index (κ1) is 20.4. The Morgan fingerprint density at radius 1 is 1.35 bits per heavy atom. The molecule has 0 bridgehead atoms. The van der Waals surface area contributed by atoms with Crippen LogP contribution in [-0.2, 0) is 27.2 Å². The maximum Gasteiger partial charge on any atom is 0.348 e. The lowest BCUT2D eigenvalue weighted by molar-refractivity contribution is -0.137. The molecule has 0 aliphatic heterocycles. The third kappa shape index (κ3) is 5.83. The molecular formula is C19H28N2O4S. The third-order valence-electron chi connectivity index (χ3n) is 4.18. The number of fused-ring (bicyclic) bond motifs is 1. The van der Waals surface area contributed by atoms with Crippen molar-refractivity contribution in [3.8, 4) is 0 Å². The van der Waals surface area contributed by atoms with Crippen molar-refractivity contribution in [3.05, 3.63) is 21.4 Å². The summed E-state index contributed by atoms with van der Waals surface area (Å²) in [5.74, 6) is -0.495. The maximum atomic E-state index is 12.2. The molecule has 1 heterocycles. The average molecular weight is 381 g/mol. The third-order valence-corrected chi connectivity index (χ3v) is 5.40. The second-order valence-electron chi connectivity index (χ2n) is 8.03. The average Bonchev–Trinajstić information content (AvgIpc) is 2.93. The summed E-state index contributed by atoms with van der Waals surface area (Å²) < 4.78 is 5.15. The fourth-order valence-corrected chi connectivity index (χ4v) is 3.98. The van der Waals surface area contributed by atoms with Crippen LogP contribution < -0.4 is 5.32 Å². The van der Waals surface area contributed by atoms with E-state index in [-0.39, 0.29) is 24.6 Å². The number of aryl methyl sites for hydroxylation is 1. The lowest BCUT2D eigenvalue weighted by Gasteiger charge is -2.23. The van der Waals surface area contributed by atoms with Gasteiger partial charge in [0.2, 0.25) is 5.91 Å². The smallest absolute Gasteiger partial charge is 0.348 e. The van der Waals surface area contributed by atoms with Gasteiger partial charge in [-0.25, -0.2) is 4.79 Å². The molecule has 0 aromatic carbocycles. The van der Waals surface area contributed by atoms with Crippen LogP contribution in [0.15, 0.2) is 6.07 Å². The maximum absolute atomic E-state index is 12.2. The topological polar surface area (TPSA) is 75.7 Å². The Kier molecular flexibility index (Phi) is 6.44. The number of thiophene rings is 1. The molecule has 144 valence electrons. The molecule has 1 atom stereocenters. The number of hydrogen-bond donors (Lipinski definition) is 1. The summed E-state index contributed by atoms with van der Waals surface area (Å²) in [5.41, 5.74) is 0.867. The molecule has 0 radical (unpaired) electrons. The highest BCUT2D eigenvalue weighted by Gasteiger charge is 2.23. The Labute approximate surface area is 158 Å². The van der Waals surface area contributed by atoms with E-state index in [1.165, 1.54) is 33.7 Å². The van der Waals surface area contributed by atoms with Crippen LogP contribution >= 0.6 is 11.3 Å². The van der Waals surface area contributed by atoms with Gasteiger partial charge in [-0.15, -0.1) is 11.3 Å². The minimum Gasteiger partial charge on any atom is -0.451 e. The van der Waals surface area contributed by atoms with Gasteiger partial charge in [-0.1, -0.05) is 6.92 Å². The Morgan fingerprint density at radius 3 is 2.69 bits per heavy atom. The van der Waals surface area contributed by atoms with Crippen LogP contribution in [0.2, 0.25) is 0 Å². The van der Waals surface area contributed by atoms with Gasteiger partial charge in [0.15, 0.2) is 6.61 Å². The number of amides is 2. The minimum absolute atomic E-state index is 0.0706. The summed E-state index contributed by atoms with van der Waals surface area (Å²) in [6.07, 6.45) is 3.13. The van der Waals surface area contributed by atoms with Crippen molar-refractivity contribution in [3.63, 3.8) is 0 Å². The van der Waals surface area contributed by atoms with Gasteiger partial charge in [0, 0.05) is 17.5 Å². The van der Waals surface area contributed by atoms with E-state index in [1.807, 2.05) is 26.8 Å². The molecule has 1 N–H and O–H groups in total. The van der Waals surface area contributed by atoms with E-state index in [2.05, 4.69) is 12.2 Å². The molecule has 0 fully saturated rings. The highest BCUT2D eigenvalue weighted by molar-refractivity contribution is 7.14. The van der Waals surface area contributed by atoms with E-state index >= 15 is 0 Å². The second-order valence-corrected chi connectivity index (χ2v) is 9.17. The SMILES string of the molecule is C[C@@H]1CCc2sc(C(=O)OCC(=O)N(C)CC(=O)NC(C)(C)C)cc2C1. The molecule has 6 nitrogen and oxygen atoms in total. The molecule has 1 aromatic heterocycles. The van der Waals surface area contributed by atoms with Gasteiger partial charge in [0.1, 0.15) is 4.88 Å². The summed E-state index contributed by atoms with van der Waals surface area (Å²) in [4.78, 5) is 39.2. The molecule has 1 aromatic rings. The number of esters is 1. The van der Waals surface area contributed by atoms with Crippen molar-refractivity contribution >= 4 is 29.1 Å². The van der Waals surface area contributed by atoms with Crippen molar-refractivity contribution in [2.24, 2.45) is 5.92 Å². The first-order chi connectivity index (χ1) is 12.0. The van der Waals surface area contributed by atoms with Gasteiger partial charge in [0.25, 0.3) is 5.91 Å². The molecule has 1 aliphatic carbocycles. The number of likely N-dealkylation sites (N-methyl/N-ethyl adjacent to an activating group) is 1. The van der Waals surface area contributed by atoms with Gasteiger partial charge >= 0.3 is 5.97 Å². The molecule has 7 heteroatoms. The molecule has 2 amide bonds. The Balaban J connectivity index is 1.83. The highest BCUT2D eigenvalue weighted by atomic mass is 32.1. The normalized spacial score (nSPS) is 16.6. The van der Waals surface area contributed by atoms with Gasteiger partial charge < -0.3 is 15.0 Å². The first-order valence-corrected chi connectivity index (χ1v) is 9.70. The number of carbonyl (C=O) groups is 3. The summed E-state index contributed by atoms with van der Waals surface area (Å²) in [7, 11) is 1.52. The summed E-state index contributed by atoms with van der Waals surface area (Å²) in [6, 6.07) is 1.89. The second kappa shape index (κ2) is 8.20. The molecule has 1 aliphatic rings. The predicted octanol–water partition coefficient (Wildman–Crippen LogP) is 2.40. The largest absolute Gasteiger partial charge is 0.451 e. The Morgan fingerprint density at radius 2 is 2.04 bits per heavy atom. The molecular weight excluding hydrogens is 352 g/mol. The number of hydrogen-bond acceptors (Lipinski definition) is 5. The van der Waals surface area contributed by atoms with Crippen LogP contribution in [0.5, 0.6) is 0 Å².